The Labute approximate surface area is 295 Å². The number of nitrogens with zero attached hydrogens (tertiary/aromatic N) is 3. The second-order valence-electron chi connectivity index (χ2n) is 15.3. The quantitative estimate of drug-likeness (QED) is 0.259. The van der Waals surface area contributed by atoms with Crippen LogP contribution in [0, 0.1) is 36.5 Å². The van der Waals surface area contributed by atoms with E-state index in [1.807, 2.05) is 25.9 Å². The number of methoxy groups -OCH3 is 1. The van der Waals surface area contributed by atoms with E-state index in [1.54, 1.807) is 20.8 Å². The summed E-state index contributed by atoms with van der Waals surface area (Å²) in [6.45, 7) is 15.1. The zero-order valence-corrected chi connectivity index (χ0v) is 31.7. The van der Waals surface area contributed by atoms with Gasteiger partial charge in [0.15, 0.2) is 17.7 Å². The lowest BCUT2D eigenvalue weighted by Crippen LogP contribution is -2.60. The Hall–Kier alpha value is -2.36. The molecule has 1 N–H and O–H groups in total. The first-order chi connectivity index (χ1) is 23.0. The van der Waals surface area contributed by atoms with Crippen LogP contribution in [0.25, 0.3) is 0 Å². The fourth-order valence-corrected chi connectivity index (χ4v) is 7.35. The van der Waals surface area contributed by atoms with Gasteiger partial charge in [-0.15, -0.1) is 6.42 Å². The first-order valence-electron chi connectivity index (χ1n) is 17.9. The zero-order valence-electron chi connectivity index (χ0n) is 31.7. The number of aliphatic hydroxyl groups excluding tert-OH is 1. The number of ether oxygens (including phenoxy) is 4. The smallest absolute Gasteiger partial charge is 0.319 e. The van der Waals surface area contributed by atoms with Crippen LogP contribution in [0.3, 0.4) is 0 Å². The van der Waals surface area contributed by atoms with Gasteiger partial charge in [0, 0.05) is 38.7 Å². The third-order valence-corrected chi connectivity index (χ3v) is 10.4. The molecule has 2 saturated heterocycles. The topological polar surface area (TPSA) is 101 Å². The van der Waals surface area contributed by atoms with Gasteiger partial charge in [0.2, 0.25) is 0 Å². The van der Waals surface area contributed by atoms with E-state index in [0.717, 1.165) is 39.0 Å². The van der Waals surface area contributed by atoms with Crippen molar-refractivity contribution in [2.45, 2.75) is 103 Å². The summed E-state index contributed by atoms with van der Waals surface area (Å²) in [6, 6.07) is 8.35. The number of hydrogen-bond acceptors (Lipinski definition) is 10. The minimum Gasteiger partial charge on any atom is -0.464 e. The van der Waals surface area contributed by atoms with Crippen molar-refractivity contribution in [3.8, 4) is 12.3 Å². The SMILES string of the molecule is C#C[C@@]1(OC)C[C@@H](C)CN(C)CCCN(CCc2ccc(C)cc2)CCOC(=O)C(C)(C)C(=O)[C@H](C)[C@H]1O[C@@H]1O[C@H](C)C[C@H](N(C)C)[C@H]1O. The van der Waals surface area contributed by atoms with Gasteiger partial charge < -0.3 is 33.9 Å². The van der Waals surface area contributed by atoms with Crippen molar-refractivity contribution in [3.05, 3.63) is 35.4 Å². The molecule has 8 atom stereocenters. The number of benzene rings is 1. The summed E-state index contributed by atoms with van der Waals surface area (Å²) in [5, 5.41) is 11.4. The molecule has 0 radical (unpaired) electrons. The van der Waals surface area contributed by atoms with E-state index in [4.69, 9.17) is 25.4 Å². The second kappa shape index (κ2) is 18.2. The van der Waals surface area contributed by atoms with Gasteiger partial charge in [0.05, 0.1) is 6.10 Å². The van der Waals surface area contributed by atoms with E-state index in [1.165, 1.54) is 18.2 Å². The molecule has 2 aliphatic heterocycles. The lowest BCUT2D eigenvalue weighted by atomic mass is 9.73. The molecule has 10 heteroatoms. The number of aliphatic hydroxyl groups is 1. The van der Waals surface area contributed by atoms with Crippen LogP contribution in [-0.4, -0.2) is 135 Å². The van der Waals surface area contributed by atoms with E-state index >= 15 is 0 Å². The number of esters is 1. The van der Waals surface area contributed by atoms with Crippen molar-refractivity contribution >= 4 is 11.8 Å². The van der Waals surface area contributed by atoms with Gasteiger partial charge in [0.25, 0.3) is 0 Å². The standard InChI is InChI=1S/C39H63N3O7/c1-12-39(46-11)25-28(3)26-41(10)19-13-20-42(21-18-31-16-14-27(2)15-17-31)22-23-47-37(45)38(6,7)34(44)30(5)35(39)49-36-33(43)32(40(8)9)24-29(4)48-36/h1,14-17,28-30,32-33,35-36,43H,13,18-26H2,2-11H3/t28-,29-,30+,32+,33-,35-,36+,39-/m1/s1. The molecule has 2 heterocycles. The summed E-state index contributed by atoms with van der Waals surface area (Å²) in [6.07, 6.45) is 5.81. The number of terminal acetylenes is 1. The van der Waals surface area contributed by atoms with Gasteiger partial charge in [-0.25, -0.2) is 0 Å². The molecule has 0 aromatic heterocycles. The Morgan fingerprint density at radius 1 is 1.10 bits per heavy atom. The third-order valence-electron chi connectivity index (χ3n) is 10.4. The van der Waals surface area contributed by atoms with Crippen molar-refractivity contribution in [2.24, 2.45) is 17.3 Å². The maximum atomic E-state index is 14.4. The normalized spacial score (nSPS) is 33.5. The highest BCUT2D eigenvalue weighted by Gasteiger charge is 2.52. The lowest BCUT2D eigenvalue weighted by molar-refractivity contribution is -0.291. The molecular weight excluding hydrogens is 622 g/mol. The molecule has 1 aromatic rings. The summed E-state index contributed by atoms with van der Waals surface area (Å²) in [5.74, 6) is 1.04. The van der Waals surface area contributed by atoms with E-state index in [9.17, 15) is 14.7 Å². The van der Waals surface area contributed by atoms with Crippen LogP contribution in [-0.2, 0) is 35.0 Å². The Kier molecular flexibility index (Phi) is 15.3. The largest absolute Gasteiger partial charge is 0.464 e. The molecule has 10 nitrogen and oxygen atoms in total. The molecule has 276 valence electrons. The van der Waals surface area contributed by atoms with Crippen LogP contribution in [0.1, 0.15) is 65.0 Å². The Balaban J connectivity index is 1.93. The molecular formula is C39H63N3O7. The predicted octanol–water partition coefficient (Wildman–Crippen LogP) is 3.81. The molecule has 0 bridgehead atoms. The maximum Gasteiger partial charge on any atom is 0.319 e. The molecule has 3 rings (SSSR count). The van der Waals surface area contributed by atoms with Gasteiger partial charge in [-0.1, -0.05) is 49.6 Å². The van der Waals surface area contributed by atoms with Crippen LogP contribution in [0.5, 0.6) is 0 Å². The molecule has 0 aliphatic carbocycles. The number of ketones is 1. The first kappa shape index (κ1) is 41.1. The summed E-state index contributed by atoms with van der Waals surface area (Å²) >= 11 is 0. The zero-order chi connectivity index (χ0) is 36.5. The van der Waals surface area contributed by atoms with Crippen molar-refractivity contribution < 1.29 is 33.6 Å². The molecule has 0 spiro atoms. The predicted molar refractivity (Wildman–Crippen MR) is 192 cm³/mol. The van der Waals surface area contributed by atoms with Gasteiger partial charge in [0.1, 0.15) is 24.2 Å². The van der Waals surface area contributed by atoms with E-state index in [-0.39, 0.29) is 30.5 Å². The van der Waals surface area contributed by atoms with Crippen LogP contribution >= 0.6 is 0 Å². The van der Waals surface area contributed by atoms with Crippen LogP contribution < -0.4 is 0 Å². The first-order valence-corrected chi connectivity index (χ1v) is 17.9. The number of aryl methyl sites for hydroxylation is 1. The number of likely N-dealkylation sites (N-methyl/N-ethyl adjacent to an activating group) is 1. The number of cyclic esters (lactones) is 1. The molecule has 1 aromatic carbocycles. The van der Waals surface area contributed by atoms with E-state index < -0.39 is 41.4 Å². The molecule has 0 unspecified atom stereocenters. The fraction of sp³-hybridized carbons (Fsp3) is 0.744. The molecule has 2 aliphatic rings. The number of carbonyl (C=O) groups is 2. The second-order valence-corrected chi connectivity index (χ2v) is 15.3. The van der Waals surface area contributed by atoms with E-state index in [2.05, 4.69) is 60.9 Å². The van der Waals surface area contributed by atoms with Gasteiger partial charge in [-0.05, 0) is 99.1 Å². The highest BCUT2D eigenvalue weighted by Crippen LogP contribution is 2.38. The van der Waals surface area contributed by atoms with Gasteiger partial charge in [-0.2, -0.15) is 0 Å². The van der Waals surface area contributed by atoms with Crippen molar-refractivity contribution in [2.75, 3.05) is 67.6 Å². The molecule has 0 amide bonds. The molecule has 0 saturated carbocycles. The molecule has 2 fully saturated rings. The number of carbonyl (C=O) groups excluding carboxylic acids is 2. The van der Waals surface area contributed by atoms with Crippen LogP contribution in [0.2, 0.25) is 0 Å². The maximum absolute atomic E-state index is 14.4. The third kappa shape index (κ3) is 10.8. The number of hydrogen-bond donors (Lipinski definition) is 1. The minimum atomic E-state index is -1.49. The molecule has 49 heavy (non-hydrogen) atoms. The summed E-state index contributed by atoms with van der Waals surface area (Å²) in [7, 11) is 7.44. The lowest BCUT2D eigenvalue weighted by Gasteiger charge is -2.46. The summed E-state index contributed by atoms with van der Waals surface area (Å²) < 4.78 is 24.7. The summed E-state index contributed by atoms with van der Waals surface area (Å²) in [4.78, 5) is 34.5. The van der Waals surface area contributed by atoms with Gasteiger partial charge >= 0.3 is 5.97 Å². The van der Waals surface area contributed by atoms with Crippen molar-refractivity contribution in [1.82, 2.24) is 14.7 Å². The number of rotatable bonds is 7. The van der Waals surface area contributed by atoms with Crippen molar-refractivity contribution in [1.29, 1.82) is 0 Å². The van der Waals surface area contributed by atoms with Gasteiger partial charge in [-0.3, -0.25) is 14.5 Å². The highest BCUT2D eigenvalue weighted by molar-refractivity contribution is 6.04. The minimum absolute atomic E-state index is 0.0614. The monoisotopic (exact) mass is 685 g/mol. The van der Waals surface area contributed by atoms with Crippen LogP contribution in [0.4, 0.5) is 0 Å². The van der Waals surface area contributed by atoms with Crippen LogP contribution in [0.15, 0.2) is 24.3 Å². The van der Waals surface area contributed by atoms with Crippen molar-refractivity contribution in [3.63, 3.8) is 0 Å². The average Bonchev–Trinajstić information content (AvgIpc) is 3.05. The summed E-state index contributed by atoms with van der Waals surface area (Å²) in [5.41, 5.74) is -0.349. The highest BCUT2D eigenvalue weighted by atomic mass is 16.7. The Morgan fingerprint density at radius 2 is 1.78 bits per heavy atom. The average molecular weight is 686 g/mol. The fourth-order valence-electron chi connectivity index (χ4n) is 7.35. The Bertz CT molecular complexity index is 1250. The Morgan fingerprint density at radius 3 is 2.39 bits per heavy atom. The number of Topliss-reactive ketones (excluding diaryl/α,β-unsaturated/α-hetero) is 1. The van der Waals surface area contributed by atoms with E-state index in [0.29, 0.717) is 19.4 Å².